The third kappa shape index (κ3) is 5.79. The molecule has 0 aliphatic rings. The van der Waals surface area contributed by atoms with Gasteiger partial charge in [0.1, 0.15) is 0 Å². The Balaban J connectivity index is 1.87. The number of hydrogen-bond acceptors (Lipinski definition) is 3. The quantitative estimate of drug-likeness (QED) is 0.634. The van der Waals surface area contributed by atoms with Gasteiger partial charge in [-0.05, 0) is 36.8 Å². The molecule has 0 amide bonds. The van der Waals surface area contributed by atoms with E-state index in [2.05, 4.69) is 26.7 Å². The van der Waals surface area contributed by atoms with Crippen LogP contribution in [-0.2, 0) is 13.0 Å². The Hall–Kier alpha value is -2.87. The van der Waals surface area contributed by atoms with Crippen LogP contribution < -0.4 is 10.6 Å². The van der Waals surface area contributed by atoms with Crippen LogP contribution in [0.2, 0.25) is 0 Å². The van der Waals surface area contributed by atoms with Crippen LogP contribution in [0.3, 0.4) is 0 Å². The molecular weight excluding hydrogens is 286 g/mol. The summed E-state index contributed by atoms with van der Waals surface area (Å²) < 4.78 is 0. The van der Waals surface area contributed by atoms with Crippen LogP contribution in [-0.4, -0.2) is 24.0 Å². The zero-order chi connectivity index (χ0) is 16.3. The first kappa shape index (κ1) is 16.5. The zero-order valence-electron chi connectivity index (χ0n) is 13.3. The summed E-state index contributed by atoms with van der Waals surface area (Å²) in [6, 6.07) is 15.5. The van der Waals surface area contributed by atoms with Crippen molar-refractivity contribution in [2.45, 2.75) is 19.9 Å². The summed E-state index contributed by atoms with van der Waals surface area (Å²) in [6.45, 7) is 4.20. The summed E-state index contributed by atoms with van der Waals surface area (Å²) in [5.74, 6) is 0.785. The van der Waals surface area contributed by atoms with E-state index < -0.39 is 0 Å². The smallest absolute Gasteiger partial charge is 0.191 e. The molecule has 0 atom stereocenters. The molecule has 0 aliphatic carbocycles. The summed E-state index contributed by atoms with van der Waals surface area (Å²) in [4.78, 5) is 8.87. The second kappa shape index (κ2) is 9.21. The van der Waals surface area contributed by atoms with Gasteiger partial charge in [0.25, 0.3) is 0 Å². The normalized spacial score (nSPS) is 10.9. The first-order valence-corrected chi connectivity index (χ1v) is 7.73. The van der Waals surface area contributed by atoms with E-state index in [1.54, 1.807) is 6.20 Å². The monoisotopic (exact) mass is 307 g/mol. The van der Waals surface area contributed by atoms with Crippen LogP contribution in [0.5, 0.6) is 0 Å². The maximum absolute atomic E-state index is 8.81. The van der Waals surface area contributed by atoms with Crippen molar-refractivity contribution in [3.8, 4) is 6.07 Å². The Morgan fingerprint density at radius 1 is 1.17 bits per heavy atom. The maximum atomic E-state index is 8.81. The van der Waals surface area contributed by atoms with E-state index in [-0.39, 0.29) is 0 Å². The number of nitriles is 1. The fraction of sp³-hybridized carbons (Fsp3) is 0.278. The Morgan fingerprint density at radius 3 is 2.65 bits per heavy atom. The molecule has 0 radical (unpaired) electrons. The lowest BCUT2D eigenvalue weighted by molar-refractivity contribution is 0.788. The predicted molar refractivity (Wildman–Crippen MR) is 91.9 cm³/mol. The molecule has 1 aromatic heterocycles. The third-order valence-electron chi connectivity index (χ3n) is 3.25. The Kier molecular flexibility index (Phi) is 6.61. The highest BCUT2D eigenvalue weighted by molar-refractivity contribution is 5.79. The Morgan fingerprint density at radius 2 is 2.00 bits per heavy atom. The minimum atomic E-state index is 0.574. The molecule has 0 bridgehead atoms. The second-order valence-electron chi connectivity index (χ2n) is 5.00. The fourth-order valence-electron chi connectivity index (χ4n) is 2.05. The highest BCUT2D eigenvalue weighted by Crippen LogP contribution is 2.04. The van der Waals surface area contributed by atoms with Gasteiger partial charge in [-0.15, -0.1) is 0 Å². The molecule has 2 N–H and O–H groups in total. The van der Waals surface area contributed by atoms with E-state index in [0.29, 0.717) is 12.1 Å². The molecule has 0 unspecified atom stereocenters. The first-order chi connectivity index (χ1) is 11.3. The number of aromatic nitrogens is 1. The summed E-state index contributed by atoms with van der Waals surface area (Å²) in [5, 5.41) is 15.3. The second-order valence-corrected chi connectivity index (χ2v) is 5.00. The minimum absolute atomic E-state index is 0.574. The van der Waals surface area contributed by atoms with E-state index in [1.165, 1.54) is 0 Å². The number of pyridine rings is 1. The largest absolute Gasteiger partial charge is 0.357 e. The lowest BCUT2D eigenvalue weighted by atomic mass is 10.1. The van der Waals surface area contributed by atoms with E-state index in [1.807, 2.05) is 49.4 Å². The number of rotatable bonds is 6. The molecule has 0 spiro atoms. The molecule has 118 valence electrons. The van der Waals surface area contributed by atoms with Crippen molar-refractivity contribution in [2.75, 3.05) is 13.1 Å². The molecule has 2 aromatic rings. The molecule has 5 heteroatoms. The lowest BCUT2D eigenvalue weighted by Crippen LogP contribution is -2.38. The topological polar surface area (TPSA) is 73.1 Å². The maximum Gasteiger partial charge on any atom is 0.191 e. The van der Waals surface area contributed by atoms with Crippen molar-refractivity contribution >= 4 is 5.96 Å². The molecule has 23 heavy (non-hydrogen) atoms. The van der Waals surface area contributed by atoms with Gasteiger partial charge in [0.15, 0.2) is 5.96 Å². The third-order valence-corrected chi connectivity index (χ3v) is 3.25. The number of aliphatic imine (C=N–C) groups is 1. The summed E-state index contributed by atoms with van der Waals surface area (Å²) in [6.07, 6.45) is 2.65. The first-order valence-electron chi connectivity index (χ1n) is 7.73. The standard InChI is InChI=1S/C18H21N5/c1-2-20-18(22-12-10-17-5-3-4-11-21-17)23-14-16-8-6-15(13-19)7-9-16/h3-9,11H,2,10,12,14H2,1H3,(H2,20,22,23). The SMILES string of the molecule is CCNC(=NCc1ccc(C#N)cc1)NCCc1ccccn1. The number of nitrogens with one attached hydrogen (secondary N) is 2. The molecule has 1 heterocycles. The molecule has 5 nitrogen and oxygen atoms in total. The minimum Gasteiger partial charge on any atom is -0.357 e. The number of nitrogens with zero attached hydrogens (tertiary/aromatic N) is 3. The van der Waals surface area contributed by atoms with Crippen LogP contribution in [0, 0.1) is 11.3 Å². The Labute approximate surface area is 137 Å². The van der Waals surface area contributed by atoms with Crippen molar-refractivity contribution < 1.29 is 0 Å². The van der Waals surface area contributed by atoms with Crippen LogP contribution >= 0.6 is 0 Å². The fourth-order valence-corrected chi connectivity index (χ4v) is 2.05. The molecule has 2 rings (SSSR count). The van der Waals surface area contributed by atoms with Crippen molar-refractivity contribution in [2.24, 2.45) is 4.99 Å². The van der Waals surface area contributed by atoms with Gasteiger partial charge < -0.3 is 10.6 Å². The molecule has 0 fully saturated rings. The van der Waals surface area contributed by atoms with Crippen molar-refractivity contribution in [1.82, 2.24) is 15.6 Å². The Bertz CT molecular complexity index is 656. The van der Waals surface area contributed by atoms with Gasteiger partial charge in [0, 0.05) is 31.4 Å². The van der Waals surface area contributed by atoms with Crippen LogP contribution in [0.15, 0.2) is 53.7 Å². The molecular formula is C18H21N5. The molecule has 0 saturated heterocycles. The van der Waals surface area contributed by atoms with Crippen LogP contribution in [0.25, 0.3) is 0 Å². The van der Waals surface area contributed by atoms with E-state index in [4.69, 9.17) is 5.26 Å². The predicted octanol–water partition coefficient (Wildman–Crippen LogP) is 2.25. The lowest BCUT2D eigenvalue weighted by Gasteiger charge is -2.11. The van der Waals surface area contributed by atoms with Gasteiger partial charge in [-0.25, -0.2) is 4.99 Å². The number of hydrogen-bond donors (Lipinski definition) is 2. The average molecular weight is 307 g/mol. The van der Waals surface area contributed by atoms with Crippen molar-refractivity contribution in [3.63, 3.8) is 0 Å². The van der Waals surface area contributed by atoms with Gasteiger partial charge in [-0.1, -0.05) is 18.2 Å². The van der Waals surface area contributed by atoms with Gasteiger partial charge >= 0.3 is 0 Å². The summed E-state index contributed by atoms with van der Waals surface area (Å²) >= 11 is 0. The van der Waals surface area contributed by atoms with Crippen molar-refractivity contribution in [1.29, 1.82) is 5.26 Å². The van der Waals surface area contributed by atoms with Crippen molar-refractivity contribution in [3.05, 3.63) is 65.5 Å². The zero-order valence-corrected chi connectivity index (χ0v) is 13.3. The molecule has 1 aromatic carbocycles. The highest BCUT2D eigenvalue weighted by atomic mass is 15.2. The van der Waals surface area contributed by atoms with Gasteiger partial charge in [0.05, 0.1) is 18.2 Å². The van der Waals surface area contributed by atoms with E-state index in [0.717, 1.165) is 36.7 Å². The van der Waals surface area contributed by atoms with Gasteiger partial charge in [-0.3, -0.25) is 4.98 Å². The summed E-state index contributed by atoms with van der Waals surface area (Å²) in [5.41, 5.74) is 2.80. The van der Waals surface area contributed by atoms with E-state index in [9.17, 15) is 0 Å². The highest BCUT2D eigenvalue weighted by Gasteiger charge is 1.99. The van der Waals surface area contributed by atoms with Gasteiger partial charge in [0.2, 0.25) is 0 Å². The summed E-state index contributed by atoms with van der Waals surface area (Å²) in [7, 11) is 0. The number of benzene rings is 1. The molecule has 0 saturated carbocycles. The molecule has 0 aliphatic heterocycles. The van der Waals surface area contributed by atoms with Crippen LogP contribution in [0.1, 0.15) is 23.7 Å². The average Bonchev–Trinajstić information content (AvgIpc) is 2.61. The van der Waals surface area contributed by atoms with E-state index >= 15 is 0 Å². The van der Waals surface area contributed by atoms with Crippen LogP contribution in [0.4, 0.5) is 0 Å². The number of guanidine groups is 1. The van der Waals surface area contributed by atoms with Gasteiger partial charge in [-0.2, -0.15) is 5.26 Å².